The van der Waals surface area contributed by atoms with Gasteiger partial charge in [-0.2, -0.15) is 0 Å². The average Bonchev–Trinajstić information content (AvgIpc) is 2.97. The number of carbonyl (C=O) groups excluding carboxylic acids is 1. The molecule has 130 valence electrons. The summed E-state index contributed by atoms with van der Waals surface area (Å²) in [7, 11) is 1.81. The smallest absolute Gasteiger partial charge is 0.257 e. The first-order valence-corrected chi connectivity index (χ1v) is 8.41. The lowest BCUT2D eigenvalue weighted by atomic mass is 9.94. The highest BCUT2D eigenvalue weighted by atomic mass is 35.5. The predicted molar refractivity (Wildman–Crippen MR) is 100 cm³/mol. The number of aromatic nitrogens is 1. The van der Waals surface area contributed by atoms with Crippen LogP contribution in [0.1, 0.15) is 24.3 Å². The summed E-state index contributed by atoms with van der Waals surface area (Å²) in [5, 5.41) is 10.8. The number of anilines is 1. The number of rotatable bonds is 3. The fourth-order valence-corrected chi connectivity index (χ4v) is 3.18. The number of nitrogens with one attached hydrogen (secondary N) is 2. The molecule has 1 amide bonds. The van der Waals surface area contributed by atoms with Gasteiger partial charge in [-0.3, -0.25) is 4.79 Å². The van der Waals surface area contributed by atoms with Crippen molar-refractivity contribution >= 4 is 40.7 Å². The fraction of sp³-hybridized carbons (Fsp3) is 0.235. The van der Waals surface area contributed by atoms with E-state index in [0.29, 0.717) is 27.3 Å². The minimum Gasteiger partial charge on any atom is -0.360 e. The quantitative estimate of drug-likeness (QED) is 0.800. The van der Waals surface area contributed by atoms with E-state index >= 15 is 0 Å². The summed E-state index contributed by atoms with van der Waals surface area (Å²) in [5.74, 6) is 0.679. The van der Waals surface area contributed by atoms with Crippen LogP contribution in [-0.4, -0.2) is 28.1 Å². The molecule has 1 aliphatic rings. The van der Waals surface area contributed by atoms with E-state index in [2.05, 4.69) is 15.8 Å². The zero-order chi connectivity index (χ0) is 18.1. The second kappa shape index (κ2) is 6.85. The lowest BCUT2D eigenvalue weighted by Crippen LogP contribution is -2.46. The van der Waals surface area contributed by atoms with Crippen LogP contribution in [0.3, 0.4) is 0 Å². The average molecular weight is 377 g/mol. The summed E-state index contributed by atoms with van der Waals surface area (Å²) >= 11 is 11.7. The Labute approximate surface area is 155 Å². The molecule has 2 heterocycles. The number of allylic oxidation sites excluding steroid dienone is 1. The number of hydrogen-bond acceptors (Lipinski definition) is 4. The molecule has 25 heavy (non-hydrogen) atoms. The van der Waals surface area contributed by atoms with Crippen molar-refractivity contribution in [3.8, 4) is 0 Å². The van der Waals surface area contributed by atoms with E-state index in [1.54, 1.807) is 31.0 Å². The Morgan fingerprint density at radius 1 is 1.40 bits per heavy atom. The van der Waals surface area contributed by atoms with Crippen LogP contribution in [0.2, 0.25) is 5.02 Å². The summed E-state index contributed by atoms with van der Waals surface area (Å²) in [5.41, 5.74) is 2.04. The molecule has 1 aromatic heterocycles. The molecule has 1 unspecified atom stereocenters. The third-order valence-corrected chi connectivity index (χ3v) is 4.82. The lowest BCUT2D eigenvalue weighted by Gasteiger charge is -2.36. The van der Waals surface area contributed by atoms with Gasteiger partial charge in [0, 0.05) is 23.8 Å². The first-order chi connectivity index (χ1) is 11.9. The van der Waals surface area contributed by atoms with Crippen molar-refractivity contribution < 1.29 is 9.32 Å². The van der Waals surface area contributed by atoms with Crippen LogP contribution in [0.15, 0.2) is 46.1 Å². The number of carbonyl (C=O) groups is 1. The van der Waals surface area contributed by atoms with Crippen LogP contribution >= 0.6 is 23.8 Å². The van der Waals surface area contributed by atoms with Crippen LogP contribution in [-0.2, 0) is 4.79 Å². The maximum Gasteiger partial charge on any atom is 0.257 e. The van der Waals surface area contributed by atoms with E-state index in [9.17, 15) is 4.79 Å². The molecule has 0 aliphatic carbocycles. The maximum absolute atomic E-state index is 12.9. The Balaban J connectivity index is 2.02. The second-order valence-electron chi connectivity index (χ2n) is 5.74. The van der Waals surface area contributed by atoms with Crippen molar-refractivity contribution in [3.05, 3.63) is 57.9 Å². The van der Waals surface area contributed by atoms with Gasteiger partial charge in [-0.25, -0.2) is 0 Å². The number of benzene rings is 1. The largest absolute Gasteiger partial charge is 0.360 e. The highest BCUT2D eigenvalue weighted by Gasteiger charge is 2.33. The van der Waals surface area contributed by atoms with E-state index < -0.39 is 6.04 Å². The number of hydrogen-bond donors (Lipinski definition) is 2. The number of amides is 1. The number of thiocarbonyl (C=S) groups is 1. The van der Waals surface area contributed by atoms with E-state index in [0.717, 1.165) is 11.3 Å². The van der Waals surface area contributed by atoms with Crippen LogP contribution in [0.4, 0.5) is 5.82 Å². The molecule has 0 spiro atoms. The van der Waals surface area contributed by atoms with Crippen molar-refractivity contribution in [2.75, 3.05) is 12.4 Å². The fourth-order valence-electron chi connectivity index (χ4n) is 2.68. The van der Waals surface area contributed by atoms with Crippen molar-refractivity contribution in [3.63, 3.8) is 0 Å². The van der Waals surface area contributed by atoms with Gasteiger partial charge in [-0.1, -0.05) is 35.0 Å². The van der Waals surface area contributed by atoms with Gasteiger partial charge in [0.1, 0.15) is 5.76 Å². The van der Waals surface area contributed by atoms with E-state index in [4.69, 9.17) is 28.3 Å². The number of nitrogens with zero attached hydrogens (tertiary/aromatic N) is 2. The molecule has 0 saturated carbocycles. The van der Waals surface area contributed by atoms with Crippen molar-refractivity contribution in [2.24, 2.45) is 0 Å². The lowest BCUT2D eigenvalue weighted by molar-refractivity contribution is -0.113. The summed E-state index contributed by atoms with van der Waals surface area (Å²) in [6, 6.07) is 8.57. The third kappa shape index (κ3) is 3.38. The van der Waals surface area contributed by atoms with Gasteiger partial charge in [0.25, 0.3) is 5.91 Å². The Morgan fingerprint density at radius 3 is 2.76 bits per heavy atom. The van der Waals surface area contributed by atoms with Crippen LogP contribution < -0.4 is 10.6 Å². The van der Waals surface area contributed by atoms with Gasteiger partial charge < -0.3 is 20.1 Å². The third-order valence-electron chi connectivity index (χ3n) is 4.08. The second-order valence-corrected chi connectivity index (χ2v) is 6.53. The monoisotopic (exact) mass is 376 g/mol. The summed E-state index contributed by atoms with van der Waals surface area (Å²) in [6.07, 6.45) is 0. The molecule has 1 atom stereocenters. The molecule has 1 aromatic carbocycles. The topological polar surface area (TPSA) is 70.4 Å². The standard InChI is InChI=1S/C17H17ClN4O2S/c1-9-8-13(21-24-9)19-16(23)14-10(2)22(3)17(25)20-15(14)11-6-4-5-7-12(11)18/h4-8,15H,1-3H3,(H,20,25)(H,19,21,23). The molecule has 0 saturated heterocycles. The molecular weight excluding hydrogens is 360 g/mol. The van der Waals surface area contributed by atoms with Crippen molar-refractivity contribution in [1.82, 2.24) is 15.4 Å². The molecule has 6 nitrogen and oxygen atoms in total. The molecule has 8 heteroatoms. The minimum atomic E-state index is -0.453. The highest BCUT2D eigenvalue weighted by Crippen LogP contribution is 2.34. The Hall–Kier alpha value is -2.38. The first-order valence-electron chi connectivity index (χ1n) is 7.62. The van der Waals surface area contributed by atoms with Crippen molar-refractivity contribution in [2.45, 2.75) is 19.9 Å². The van der Waals surface area contributed by atoms with E-state index in [1.807, 2.05) is 25.1 Å². The molecule has 0 bridgehead atoms. The summed E-state index contributed by atoms with van der Waals surface area (Å²) < 4.78 is 5.00. The molecular formula is C17H17ClN4O2S. The van der Waals surface area contributed by atoms with E-state index in [-0.39, 0.29) is 5.91 Å². The molecule has 3 rings (SSSR count). The molecule has 0 fully saturated rings. The van der Waals surface area contributed by atoms with Crippen LogP contribution in [0, 0.1) is 6.92 Å². The van der Waals surface area contributed by atoms with E-state index in [1.165, 1.54) is 0 Å². The van der Waals surface area contributed by atoms with Gasteiger partial charge in [0.15, 0.2) is 10.9 Å². The van der Waals surface area contributed by atoms with Crippen LogP contribution in [0.5, 0.6) is 0 Å². The van der Waals surface area contributed by atoms with Gasteiger partial charge in [0.2, 0.25) is 0 Å². The summed E-state index contributed by atoms with van der Waals surface area (Å²) in [6.45, 7) is 3.61. The Morgan fingerprint density at radius 2 is 2.12 bits per heavy atom. The van der Waals surface area contributed by atoms with Gasteiger partial charge in [-0.05, 0) is 37.7 Å². The minimum absolute atomic E-state index is 0.294. The molecule has 2 N–H and O–H groups in total. The van der Waals surface area contributed by atoms with Gasteiger partial charge in [-0.15, -0.1) is 0 Å². The SMILES string of the molecule is CC1=C(C(=O)Nc2cc(C)on2)C(c2ccccc2Cl)NC(=S)N1C. The zero-order valence-electron chi connectivity index (χ0n) is 14.0. The number of aryl methyl sites for hydroxylation is 1. The normalized spacial score (nSPS) is 17.5. The zero-order valence-corrected chi connectivity index (χ0v) is 15.5. The maximum atomic E-state index is 12.9. The van der Waals surface area contributed by atoms with Crippen molar-refractivity contribution in [1.29, 1.82) is 0 Å². The number of halogens is 1. The molecule has 2 aromatic rings. The van der Waals surface area contributed by atoms with Gasteiger partial charge in [0.05, 0.1) is 11.6 Å². The predicted octanol–water partition coefficient (Wildman–Crippen LogP) is 3.41. The van der Waals surface area contributed by atoms with Gasteiger partial charge >= 0.3 is 0 Å². The molecule has 1 aliphatic heterocycles. The van der Waals surface area contributed by atoms with Crippen LogP contribution in [0.25, 0.3) is 0 Å². The first kappa shape index (κ1) is 17.4. The highest BCUT2D eigenvalue weighted by molar-refractivity contribution is 7.80. The Kier molecular flexibility index (Phi) is 4.78. The Bertz CT molecular complexity index is 877. The summed E-state index contributed by atoms with van der Waals surface area (Å²) in [4.78, 5) is 14.7. The molecule has 0 radical (unpaired) electrons.